The Morgan fingerprint density at radius 1 is 1.47 bits per heavy atom. The van der Waals surface area contributed by atoms with Crippen LogP contribution in [0.3, 0.4) is 0 Å². The Kier molecular flexibility index (Phi) is 3.68. The second-order valence-electron chi connectivity index (χ2n) is 4.38. The van der Waals surface area contributed by atoms with E-state index in [4.69, 9.17) is 5.73 Å². The Hall–Kier alpha value is -1.49. The maximum Gasteiger partial charge on any atom is 0.254 e. The van der Waals surface area contributed by atoms with Gasteiger partial charge in [0.15, 0.2) is 5.82 Å². The molecule has 1 amide bonds. The molecule has 1 aliphatic carbocycles. The molecule has 1 heterocycles. The number of amides is 1. The van der Waals surface area contributed by atoms with Gasteiger partial charge in [0, 0.05) is 18.3 Å². The number of aromatic nitrogens is 1. The summed E-state index contributed by atoms with van der Waals surface area (Å²) in [4.78, 5) is 15.5. The molecule has 1 aromatic heterocycles. The van der Waals surface area contributed by atoms with Gasteiger partial charge in [0.1, 0.15) is 0 Å². The van der Waals surface area contributed by atoms with Gasteiger partial charge in [0.25, 0.3) is 5.91 Å². The first-order valence-electron chi connectivity index (χ1n) is 5.84. The van der Waals surface area contributed by atoms with Crippen LogP contribution >= 0.6 is 0 Å². The van der Waals surface area contributed by atoms with E-state index in [1.165, 1.54) is 12.3 Å². The number of nitrogens with two attached hydrogens (primary N) is 1. The first-order valence-corrected chi connectivity index (χ1v) is 5.84. The molecular weight excluding hydrogens is 221 g/mol. The molecule has 0 bridgehead atoms. The van der Waals surface area contributed by atoms with Gasteiger partial charge >= 0.3 is 0 Å². The molecular formula is C12H16FN3O. The van der Waals surface area contributed by atoms with E-state index in [0.29, 0.717) is 0 Å². The highest BCUT2D eigenvalue weighted by atomic mass is 19.1. The number of hydrogen-bond donors (Lipinski definition) is 2. The fraction of sp³-hybridized carbons (Fsp3) is 0.500. The average molecular weight is 237 g/mol. The molecule has 2 unspecified atom stereocenters. The molecule has 92 valence electrons. The predicted octanol–water partition coefficient (Wildman–Crippen LogP) is 1.22. The maximum absolute atomic E-state index is 13.3. The summed E-state index contributed by atoms with van der Waals surface area (Å²) in [5.41, 5.74) is 5.95. The summed E-state index contributed by atoms with van der Waals surface area (Å²) in [6.07, 6.45) is 6.35. The second-order valence-corrected chi connectivity index (χ2v) is 4.38. The molecule has 1 aliphatic rings. The fourth-order valence-corrected chi connectivity index (χ4v) is 2.14. The SMILES string of the molecule is NC1CCCCC1NC(=O)c1ccncc1F. The summed E-state index contributed by atoms with van der Waals surface area (Å²) in [5, 5.41) is 2.79. The van der Waals surface area contributed by atoms with Crippen LogP contribution in [0.4, 0.5) is 4.39 Å². The minimum absolute atomic E-state index is 0.0257. The molecule has 1 aromatic rings. The predicted molar refractivity (Wildman–Crippen MR) is 61.9 cm³/mol. The monoisotopic (exact) mass is 237 g/mol. The molecule has 5 heteroatoms. The third-order valence-corrected chi connectivity index (χ3v) is 3.15. The van der Waals surface area contributed by atoms with Crippen LogP contribution in [0.15, 0.2) is 18.5 Å². The minimum atomic E-state index is -0.602. The van der Waals surface area contributed by atoms with Crippen molar-refractivity contribution in [1.82, 2.24) is 10.3 Å². The van der Waals surface area contributed by atoms with Crippen LogP contribution in [-0.4, -0.2) is 23.0 Å². The summed E-state index contributed by atoms with van der Waals surface area (Å²) in [5.74, 6) is -1.01. The standard InChI is InChI=1S/C12H16FN3O/c13-9-7-15-6-5-8(9)12(17)16-11-4-2-1-3-10(11)14/h5-7,10-11H,1-4,14H2,(H,16,17). The van der Waals surface area contributed by atoms with Crippen LogP contribution in [0.25, 0.3) is 0 Å². The van der Waals surface area contributed by atoms with Crippen molar-refractivity contribution in [3.8, 4) is 0 Å². The number of halogens is 1. The zero-order valence-electron chi connectivity index (χ0n) is 9.53. The summed E-state index contributed by atoms with van der Waals surface area (Å²) in [7, 11) is 0. The van der Waals surface area contributed by atoms with Crippen molar-refractivity contribution in [2.24, 2.45) is 5.73 Å². The highest BCUT2D eigenvalue weighted by molar-refractivity contribution is 5.94. The maximum atomic E-state index is 13.3. The van der Waals surface area contributed by atoms with E-state index in [1.807, 2.05) is 0 Å². The number of nitrogens with zero attached hydrogens (tertiary/aromatic N) is 1. The highest BCUT2D eigenvalue weighted by Gasteiger charge is 2.24. The lowest BCUT2D eigenvalue weighted by molar-refractivity contribution is 0.0917. The first-order chi connectivity index (χ1) is 8.18. The van der Waals surface area contributed by atoms with E-state index in [2.05, 4.69) is 10.3 Å². The van der Waals surface area contributed by atoms with Crippen LogP contribution in [-0.2, 0) is 0 Å². The highest BCUT2D eigenvalue weighted by Crippen LogP contribution is 2.17. The van der Waals surface area contributed by atoms with Crippen molar-refractivity contribution in [3.05, 3.63) is 29.8 Å². The smallest absolute Gasteiger partial charge is 0.254 e. The van der Waals surface area contributed by atoms with Gasteiger partial charge in [-0.3, -0.25) is 9.78 Å². The topological polar surface area (TPSA) is 68.0 Å². The van der Waals surface area contributed by atoms with Crippen molar-refractivity contribution >= 4 is 5.91 Å². The number of pyridine rings is 1. The van der Waals surface area contributed by atoms with E-state index in [-0.39, 0.29) is 17.6 Å². The minimum Gasteiger partial charge on any atom is -0.348 e. The van der Waals surface area contributed by atoms with Gasteiger partial charge in [-0.2, -0.15) is 0 Å². The van der Waals surface area contributed by atoms with Crippen LogP contribution in [0.1, 0.15) is 36.0 Å². The van der Waals surface area contributed by atoms with Gasteiger partial charge in [-0.15, -0.1) is 0 Å². The van der Waals surface area contributed by atoms with Crippen LogP contribution in [0, 0.1) is 5.82 Å². The largest absolute Gasteiger partial charge is 0.348 e. The number of nitrogens with one attached hydrogen (secondary N) is 1. The molecule has 0 radical (unpaired) electrons. The van der Waals surface area contributed by atoms with Crippen LogP contribution in [0.5, 0.6) is 0 Å². The second kappa shape index (κ2) is 5.23. The molecule has 2 rings (SSSR count). The van der Waals surface area contributed by atoms with Crippen LogP contribution < -0.4 is 11.1 Å². The van der Waals surface area contributed by atoms with Gasteiger partial charge in [0.05, 0.1) is 11.8 Å². The van der Waals surface area contributed by atoms with E-state index in [0.717, 1.165) is 31.9 Å². The van der Waals surface area contributed by atoms with Gasteiger partial charge < -0.3 is 11.1 Å². The van der Waals surface area contributed by atoms with Crippen molar-refractivity contribution in [1.29, 1.82) is 0 Å². The normalized spacial score (nSPS) is 24.4. The number of rotatable bonds is 2. The number of carbonyl (C=O) groups is 1. The molecule has 0 spiro atoms. The summed E-state index contributed by atoms with van der Waals surface area (Å²) in [6.45, 7) is 0. The molecule has 2 atom stereocenters. The van der Waals surface area contributed by atoms with Gasteiger partial charge in [-0.25, -0.2) is 4.39 Å². The first kappa shape index (κ1) is 12.0. The van der Waals surface area contributed by atoms with Crippen molar-refractivity contribution < 1.29 is 9.18 Å². The Morgan fingerprint density at radius 2 is 2.24 bits per heavy atom. The van der Waals surface area contributed by atoms with Gasteiger partial charge in [0.2, 0.25) is 0 Å². The van der Waals surface area contributed by atoms with Crippen molar-refractivity contribution in [2.75, 3.05) is 0 Å². The van der Waals surface area contributed by atoms with E-state index >= 15 is 0 Å². The summed E-state index contributed by atoms with van der Waals surface area (Å²) >= 11 is 0. The van der Waals surface area contributed by atoms with Crippen molar-refractivity contribution in [2.45, 2.75) is 37.8 Å². The summed E-state index contributed by atoms with van der Waals surface area (Å²) < 4.78 is 13.3. The Labute approximate surface area is 99.4 Å². The zero-order valence-corrected chi connectivity index (χ0v) is 9.53. The number of carbonyl (C=O) groups excluding carboxylic acids is 1. The zero-order chi connectivity index (χ0) is 12.3. The lowest BCUT2D eigenvalue weighted by Crippen LogP contribution is -2.49. The molecule has 17 heavy (non-hydrogen) atoms. The quantitative estimate of drug-likeness (QED) is 0.812. The molecule has 0 aliphatic heterocycles. The Bertz CT molecular complexity index is 410. The number of hydrogen-bond acceptors (Lipinski definition) is 3. The third kappa shape index (κ3) is 2.79. The fourth-order valence-electron chi connectivity index (χ4n) is 2.14. The molecule has 0 aromatic carbocycles. The van der Waals surface area contributed by atoms with E-state index in [9.17, 15) is 9.18 Å². The van der Waals surface area contributed by atoms with Gasteiger partial charge in [-0.1, -0.05) is 12.8 Å². The van der Waals surface area contributed by atoms with E-state index < -0.39 is 11.7 Å². The van der Waals surface area contributed by atoms with E-state index in [1.54, 1.807) is 0 Å². The molecule has 3 N–H and O–H groups in total. The molecule has 0 saturated heterocycles. The molecule has 1 fully saturated rings. The molecule has 1 saturated carbocycles. The summed E-state index contributed by atoms with van der Waals surface area (Å²) in [6, 6.07) is 1.29. The Balaban J connectivity index is 2.04. The van der Waals surface area contributed by atoms with Crippen molar-refractivity contribution in [3.63, 3.8) is 0 Å². The lowest BCUT2D eigenvalue weighted by Gasteiger charge is -2.29. The average Bonchev–Trinajstić information content (AvgIpc) is 2.32. The third-order valence-electron chi connectivity index (χ3n) is 3.15. The Morgan fingerprint density at radius 3 is 2.94 bits per heavy atom. The van der Waals surface area contributed by atoms with Gasteiger partial charge in [-0.05, 0) is 18.9 Å². The molecule has 4 nitrogen and oxygen atoms in total. The van der Waals surface area contributed by atoms with Crippen LogP contribution in [0.2, 0.25) is 0 Å². The lowest BCUT2D eigenvalue weighted by atomic mass is 9.91.